The number of aryl methyl sites for hydroxylation is 3. The lowest BCUT2D eigenvalue weighted by Crippen LogP contribution is -2.26. The van der Waals surface area contributed by atoms with E-state index < -0.39 is 0 Å². The number of benzene rings is 1. The first-order chi connectivity index (χ1) is 12.1. The number of carbonyl (C=O) groups is 1. The molecule has 0 fully saturated rings. The van der Waals surface area contributed by atoms with E-state index in [2.05, 4.69) is 21.5 Å². The summed E-state index contributed by atoms with van der Waals surface area (Å²) in [5.41, 5.74) is 4.16. The summed E-state index contributed by atoms with van der Waals surface area (Å²) in [6.07, 6.45) is 3.10. The van der Waals surface area contributed by atoms with Gasteiger partial charge in [-0.2, -0.15) is 5.10 Å². The molecule has 0 unspecified atom stereocenters. The minimum absolute atomic E-state index is 0.0251. The molecule has 0 aliphatic heterocycles. The molecule has 3 aromatic rings. The molecule has 1 amide bonds. The Balaban J connectivity index is 1.52. The zero-order chi connectivity index (χ0) is 17.8. The third-order valence-electron chi connectivity index (χ3n) is 4.30. The van der Waals surface area contributed by atoms with Crippen LogP contribution in [0.1, 0.15) is 23.4 Å². The van der Waals surface area contributed by atoms with Gasteiger partial charge in [0.05, 0.1) is 19.2 Å². The lowest BCUT2D eigenvalue weighted by molar-refractivity contribution is -0.120. The fourth-order valence-electron chi connectivity index (χ4n) is 3.02. The number of H-pyrrole nitrogens is 1. The monoisotopic (exact) mass is 340 g/mol. The van der Waals surface area contributed by atoms with Gasteiger partial charge in [0, 0.05) is 35.9 Å². The number of nitrogens with one attached hydrogen (secondary N) is 2. The third-order valence-corrected chi connectivity index (χ3v) is 4.30. The molecular formula is C19H24N4O2. The fraction of sp³-hybridized carbons (Fsp3) is 0.368. The minimum Gasteiger partial charge on any atom is -0.497 e. The van der Waals surface area contributed by atoms with Gasteiger partial charge in [0.2, 0.25) is 5.91 Å². The Morgan fingerprint density at radius 3 is 2.88 bits per heavy atom. The first kappa shape index (κ1) is 17.1. The van der Waals surface area contributed by atoms with Crippen molar-refractivity contribution in [2.75, 3.05) is 13.7 Å². The summed E-state index contributed by atoms with van der Waals surface area (Å²) in [5, 5.41) is 8.44. The van der Waals surface area contributed by atoms with Gasteiger partial charge in [-0.3, -0.25) is 9.48 Å². The Kier molecular flexibility index (Phi) is 5.07. The normalized spacial score (nSPS) is 11.0. The number of carbonyl (C=O) groups excluding carboxylic acids is 1. The second-order valence-corrected chi connectivity index (χ2v) is 6.26. The fourth-order valence-corrected chi connectivity index (χ4v) is 3.02. The predicted octanol–water partition coefficient (Wildman–Crippen LogP) is 2.74. The Hall–Kier alpha value is -2.76. The lowest BCUT2D eigenvalue weighted by atomic mass is 10.1. The average molecular weight is 340 g/mol. The molecule has 0 aliphatic carbocycles. The number of methoxy groups -OCH3 is 1. The summed E-state index contributed by atoms with van der Waals surface area (Å²) in [4.78, 5) is 15.4. The molecule has 2 N–H and O–H groups in total. The molecule has 1 aromatic carbocycles. The Labute approximate surface area is 147 Å². The van der Waals surface area contributed by atoms with Gasteiger partial charge >= 0.3 is 0 Å². The molecule has 0 spiro atoms. The molecule has 0 saturated carbocycles. The molecule has 2 heterocycles. The van der Waals surface area contributed by atoms with E-state index in [-0.39, 0.29) is 5.91 Å². The van der Waals surface area contributed by atoms with E-state index in [0.717, 1.165) is 46.6 Å². The highest BCUT2D eigenvalue weighted by atomic mass is 16.5. The zero-order valence-corrected chi connectivity index (χ0v) is 14.9. The van der Waals surface area contributed by atoms with Crippen LogP contribution in [0.5, 0.6) is 5.75 Å². The molecular weight excluding hydrogens is 316 g/mol. The van der Waals surface area contributed by atoms with Crippen LogP contribution in [-0.4, -0.2) is 34.3 Å². The maximum Gasteiger partial charge on any atom is 0.224 e. The molecule has 0 saturated heterocycles. The van der Waals surface area contributed by atoms with Crippen LogP contribution in [0.3, 0.4) is 0 Å². The van der Waals surface area contributed by atoms with E-state index in [4.69, 9.17) is 4.74 Å². The van der Waals surface area contributed by atoms with Crippen molar-refractivity contribution in [1.82, 2.24) is 20.1 Å². The molecule has 0 bridgehead atoms. The van der Waals surface area contributed by atoms with Crippen molar-refractivity contribution in [3.63, 3.8) is 0 Å². The molecule has 25 heavy (non-hydrogen) atoms. The highest BCUT2D eigenvalue weighted by Gasteiger charge is 2.09. The predicted molar refractivity (Wildman–Crippen MR) is 97.9 cm³/mol. The third kappa shape index (κ3) is 4.02. The van der Waals surface area contributed by atoms with Crippen LogP contribution in [-0.2, 0) is 17.8 Å². The van der Waals surface area contributed by atoms with Crippen LogP contribution in [0.2, 0.25) is 0 Å². The number of hydrogen-bond donors (Lipinski definition) is 2. The summed E-state index contributed by atoms with van der Waals surface area (Å²) in [6.45, 7) is 5.48. The second-order valence-electron chi connectivity index (χ2n) is 6.26. The van der Waals surface area contributed by atoms with Gasteiger partial charge < -0.3 is 15.0 Å². The van der Waals surface area contributed by atoms with Crippen molar-refractivity contribution in [3.8, 4) is 5.75 Å². The summed E-state index contributed by atoms with van der Waals surface area (Å²) >= 11 is 0. The van der Waals surface area contributed by atoms with Crippen LogP contribution in [0, 0.1) is 13.8 Å². The maximum absolute atomic E-state index is 12.2. The molecule has 0 atom stereocenters. The number of nitrogens with zero attached hydrogens (tertiary/aromatic N) is 2. The topological polar surface area (TPSA) is 71.9 Å². The van der Waals surface area contributed by atoms with E-state index in [1.807, 2.05) is 42.9 Å². The van der Waals surface area contributed by atoms with Crippen molar-refractivity contribution in [1.29, 1.82) is 0 Å². The number of amides is 1. The molecule has 2 aromatic heterocycles. The number of ether oxygens (including phenoxy) is 1. The number of rotatable bonds is 7. The summed E-state index contributed by atoms with van der Waals surface area (Å²) in [7, 11) is 1.64. The van der Waals surface area contributed by atoms with Crippen LogP contribution < -0.4 is 10.1 Å². The molecule has 3 rings (SSSR count). The minimum atomic E-state index is 0.0251. The smallest absolute Gasteiger partial charge is 0.224 e. The number of aromatic nitrogens is 3. The summed E-state index contributed by atoms with van der Waals surface area (Å²) in [6, 6.07) is 7.88. The molecule has 132 valence electrons. The van der Waals surface area contributed by atoms with Gasteiger partial charge in [0.1, 0.15) is 5.75 Å². The molecule has 0 radical (unpaired) electrons. The van der Waals surface area contributed by atoms with Gasteiger partial charge in [-0.1, -0.05) is 0 Å². The van der Waals surface area contributed by atoms with E-state index >= 15 is 0 Å². The average Bonchev–Trinajstić information content (AvgIpc) is 3.14. The quantitative estimate of drug-likeness (QED) is 0.650. The second kappa shape index (κ2) is 7.42. The first-order valence-corrected chi connectivity index (χ1v) is 8.48. The van der Waals surface area contributed by atoms with E-state index in [1.54, 1.807) is 7.11 Å². The summed E-state index contributed by atoms with van der Waals surface area (Å²) < 4.78 is 7.24. The Morgan fingerprint density at radius 2 is 2.16 bits per heavy atom. The van der Waals surface area contributed by atoms with Crippen LogP contribution in [0.4, 0.5) is 0 Å². The van der Waals surface area contributed by atoms with Gasteiger partial charge in [0.25, 0.3) is 0 Å². The molecule has 0 aliphatic rings. The van der Waals surface area contributed by atoms with E-state index in [1.165, 1.54) is 0 Å². The van der Waals surface area contributed by atoms with Crippen molar-refractivity contribution in [2.45, 2.75) is 33.2 Å². The standard InChI is InChI=1S/C19H24N4O2/c1-13-9-14(2)23(22-13)8-4-7-20-19(24)10-15-12-21-18-6-5-16(25-3)11-17(15)18/h5-6,9,11-12,21H,4,7-8,10H2,1-3H3,(H,20,24). The number of aromatic amines is 1. The molecule has 6 nitrogen and oxygen atoms in total. The number of fused-ring (bicyclic) bond motifs is 1. The van der Waals surface area contributed by atoms with E-state index in [0.29, 0.717) is 13.0 Å². The highest BCUT2D eigenvalue weighted by molar-refractivity contribution is 5.89. The van der Waals surface area contributed by atoms with Crippen LogP contribution in [0.25, 0.3) is 10.9 Å². The van der Waals surface area contributed by atoms with Crippen LogP contribution >= 0.6 is 0 Å². The van der Waals surface area contributed by atoms with Crippen molar-refractivity contribution in [3.05, 3.63) is 47.4 Å². The lowest BCUT2D eigenvalue weighted by Gasteiger charge is -2.07. The summed E-state index contributed by atoms with van der Waals surface area (Å²) in [5.74, 6) is 0.815. The van der Waals surface area contributed by atoms with Gasteiger partial charge in [-0.15, -0.1) is 0 Å². The Bertz CT molecular complexity index is 879. The van der Waals surface area contributed by atoms with Gasteiger partial charge in [-0.25, -0.2) is 0 Å². The van der Waals surface area contributed by atoms with Crippen LogP contribution in [0.15, 0.2) is 30.5 Å². The SMILES string of the molecule is COc1ccc2[nH]cc(CC(=O)NCCCn3nc(C)cc3C)c2c1. The zero-order valence-electron chi connectivity index (χ0n) is 14.9. The highest BCUT2D eigenvalue weighted by Crippen LogP contribution is 2.23. The van der Waals surface area contributed by atoms with Crippen molar-refractivity contribution >= 4 is 16.8 Å². The number of hydrogen-bond acceptors (Lipinski definition) is 3. The Morgan fingerprint density at radius 1 is 1.32 bits per heavy atom. The van der Waals surface area contributed by atoms with Gasteiger partial charge in [0.15, 0.2) is 0 Å². The van der Waals surface area contributed by atoms with Gasteiger partial charge in [-0.05, 0) is 50.1 Å². The van der Waals surface area contributed by atoms with E-state index in [9.17, 15) is 4.79 Å². The molecule has 6 heteroatoms. The largest absolute Gasteiger partial charge is 0.497 e. The maximum atomic E-state index is 12.2. The first-order valence-electron chi connectivity index (χ1n) is 8.48. The van der Waals surface area contributed by atoms with Crippen molar-refractivity contribution in [2.24, 2.45) is 0 Å². The van der Waals surface area contributed by atoms with Crippen molar-refractivity contribution < 1.29 is 9.53 Å².